The van der Waals surface area contributed by atoms with E-state index < -0.39 is 5.82 Å². The molecule has 2 aromatic rings. The van der Waals surface area contributed by atoms with Crippen molar-refractivity contribution in [2.24, 2.45) is 0 Å². The maximum atomic E-state index is 13.6. The van der Waals surface area contributed by atoms with Crippen molar-refractivity contribution in [3.63, 3.8) is 0 Å². The smallest absolute Gasteiger partial charge is 0.165 e. The van der Waals surface area contributed by atoms with Crippen LogP contribution in [0, 0.1) is 5.82 Å². The van der Waals surface area contributed by atoms with Crippen molar-refractivity contribution in [2.75, 3.05) is 7.11 Å². The summed E-state index contributed by atoms with van der Waals surface area (Å²) in [4.78, 5) is 8.39. The molecular weight excluding hydrogens is 255 g/mol. The summed E-state index contributed by atoms with van der Waals surface area (Å²) in [7, 11) is 1.43. The SMILES string of the molecule is CCc1nc(Cl)cc(-c2ccc(OC)c(F)c2)n1. The van der Waals surface area contributed by atoms with E-state index in [4.69, 9.17) is 16.3 Å². The summed E-state index contributed by atoms with van der Waals surface area (Å²) in [5, 5.41) is 0.355. The molecule has 0 aliphatic rings. The maximum Gasteiger partial charge on any atom is 0.165 e. The van der Waals surface area contributed by atoms with Crippen LogP contribution in [0.3, 0.4) is 0 Å². The molecule has 1 heterocycles. The highest BCUT2D eigenvalue weighted by molar-refractivity contribution is 6.29. The van der Waals surface area contributed by atoms with E-state index in [9.17, 15) is 4.39 Å². The van der Waals surface area contributed by atoms with Gasteiger partial charge in [0, 0.05) is 18.1 Å². The Kier molecular flexibility index (Phi) is 3.77. The first kappa shape index (κ1) is 12.8. The van der Waals surface area contributed by atoms with Crippen LogP contribution in [0.5, 0.6) is 5.75 Å². The lowest BCUT2D eigenvalue weighted by molar-refractivity contribution is 0.386. The Hall–Kier alpha value is -1.68. The molecule has 0 bridgehead atoms. The number of hydrogen-bond acceptors (Lipinski definition) is 3. The lowest BCUT2D eigenvalue weighted by Gasteiger charge is -2.06. The molecule has 0 amide bonds. The molecule has 0 saturated carbocycles. The third-order valence-electron chi connectivity index (χ3n) is 2.50. The van der Waals surface area contributed by atoms with Gasteiger partial charge >= 0.3 is 0 Å². The van der Waals surface area contributed by atoms with Crippen molar-refractivity contribution in [3.05, 3.63) is 41.1 Å². The summed E-state index contributed by atoms with van der Waals surface area (Å²) in [6.07, 6.45) is 0.673. The number of rotatable bonds is 3. The molecule has 94 valence electrons. The summed E-state index contributed by atoms with van der Waals surface area (Å²) < 4.78 is 18.5. The average Bonchev–Trinajstić information content (AvgIpc) is 2.37. The predicted molar refractivity (Wildman–Crippen MR) is 68.4 cm³/mol. The van der Waals surface area contributed by atoms with Crippen molar-refractivity contribution in [1.82, 2.24) is 9.97 Å². The molecule has 1 aromatic carbocycles. The Morgan fingerprint density at radius 2 is 2.06 bits per heavy atom. The van der Waals surface area contributed by atoms with Gasteiger partial charge in [-0.2, -0.15) is 0 Å². The van der Waals surface area contributed by atoms with Crippen molar-refractivity contribution < 1.29 is 9.13 Å². The first-order valence-corrected chi connectivity index (χ1v) is 5.89. The van der Waals surface area contributed by atoms with Gasteiger partial charge in [0.15, 0.2) is 11.6 Å². The molecule has 0 N–H and O–H groups in total. The number of aryl methyl sites for hydroxylation is 1. The molecule has 0 saturated heterocycles. The number of benzene rings is 1. The largest absolute Gasteiger partial charge is 0.494 e. The van der Waals surface area contributed by atoms with Crippen molar-refractivity contribution in [3.8, 4) is 17.0 Å². The normalized spacial score (nSPS) is 10.4. The summed E-state index contributed by atoms with van der Waals surface area (Å²) in [6, 6.07) is 6.28. The Morgan fingerprint density at radius 3 is 2.67 bits per heavy atom. The molecule has 1 aromatic heterocycles. The van der Waals surface area contributed by atoms with Crippen LogP contribution in [0.4, 0.5) is 4.39 Å². The molecular formula is C13H12ClFN2O. The first-order chi connectivity index (χ1) is 8.63. The zero-order chi connectivity index (χ0) is 13.1. The molecule has 0 radical (unpaired) electrons. The van der Waals surface area contributed by atoms with Crippen LogP contribution in [-0.4, -0.2) is 17.1 Å². The molecule has 0 unspecified atom stereocenters. The van der Waals surface area contributed by atoms with E-state index in [0.717, 1.165) is 0 Å². The lowest BCUT2D eigenvalue weighted by Crippen LogP contribution is -1.96. The quantitative estimate of drug-likeness (QED) is 0.798. The third kappa shape index (κ3) is 2.59. The first-order valence-electron chi connectivity index (χ1n) is 5.51. The second-order valence-corrected chi connectivity index (χ2v) is 4.08. The Bertz CT molecular complexity index is 575. The van der Waals surface area contributed by atoms with E-state index in [0.29, 0.717) is 28.7 Å². The van der Waals surface area contributed by atoms with Gasteiger partial charge in [-0.3, -0.25) is 0 Å². The Labute approximate surface area is 110 Å². The van der Waals surface area contributed by atoms with E-state index in [2.05, 4.69) is 9.97 Å². The minimum absolute atomic E-state index is 0.203. The number of methoxy groups -OCH3 is 1. The summed E-state index contributed by atoms with van der Waals surface area (Å²) in [6.45, 7) is 1.93. The summed E-state index contributed by atoms with van der Waals surface area (Å²) in [5.41, 5.74) is 1.25. The maximum absolute atomic E-state index is 13.6. The fourth-order valence-corrected chi connectivity index (χ4v) is 1.80. The molecule has 0 fully saturated rings. The average molecular weight is 267 g/mol. The van der Waals surface area contributed by atoms with Gasteiger partial charge in [-0.15, -0.1) is 0 Å². The van der Waals surface area contributed by atoms with Gasteiger partial charge in [0.05, 0.1) is 12.8 Å². The molecule has 5 heteroatoms. The van der Waals surface area contributed by atoms with Gasteiger partial charge < -0.3 is 4.74 Å². The zero-order valence-corrected chi connectivity index (χ0v) is 10.8. The van der Waals surface area contributed by atoms with Crippen LogP contribution in [0.15, 0.2) is 24.3 Å². The molecule has 0 aliphatic carbocycles. The highest BCUT2D eigenvalue weighted by Crippen LogP contribution is 2.25. The van der Waals surface area contributed by atoms with Crippen LogP contribution in [-0.2, 0) is 6.42 Å². The highest BCUT2D eigenvalue weighted by atomic mass is 35.5. The van der Waals surface area contributed by atoms with E-state index in [1.54, 1.807) is 18.2 Å². The van der Waals surface area contributed by atoms with E-state index in [1.807, 2.05) is 6.92 Å². The monoisotopic (exact) mass is 266 g/mol. The fourth-order valence-electron chi connectivity index (χ4n) is 1.60. The van der Waals surface area contributed by atoms with Crippen molar-refractivity contribution in [1.29, 1.82) is 0 Å². The van der Waals surface area contributed by atoms with Gasteiger partial charge in [0.25, 0.3) is 0 Å². The second-order valence-electron chi connectivity index (χ2n) is 3.70. The number of ether oxygens (including phenoxy) is 1. The minimum Gasteiger partial charge on any atom is -0.494 e. The van der Waals surface area contributed by atoms with Crippen LogP contribution >= 0.6 is 11.6 Å². The van der Waals surface area contributed by atoms with Crippen LogP contribution in [0.2, 0.25) is 5.15 Å². The Balaban J connectivity index is 2.48. The molecule has 0 spiro atoms. The van der Waals surface area contributed by atoms with Gasteiger partial charge in [0.2, 0.25) is 0 Å². The van der Waals surface area contributed by atoms with Crippen LogP contribution < -0.4 is 4.74 Å². The molecule has 0 atom stereocenters. The van der Waals surface area contributed by atoms with Gasteiger partial charge in [-0.05, 0) is 18.2 Å². The van der Waals surface area contributed by atoms with Crippen molar-refractivity contribution >= 4 is 11.6 Å². The van der Waals surface area contributed by atoms with Gasteiger partial charge in [-0.25, -0.2) is 14.4 Å². The minimum atomic E-state index is -0.428. The standard InChI is InChI=1S/C13H12ClFN2O/c1-3-13-16-10(7-12(14)17-13)8-4-5-11(18-2)9(15)6-8/h4-7H,3H2,1-2H3. The molecule has 0 aliphatic heterocycles. The number of nitrogens with zero attached hydrogens (tertiary/aromatic N) is 2. The van der Waals surface area contributed by atoms with Crippen LogP contribution in [0.25, 0.3) is 11.3 Å². The predicted octanol–water partition coefficient (Wildman–Crippen LogP) is 3.51. The number of hydrogen-bond donors (Lipinski definition) is 0. The molecule has 3 nitrogen and oxygen atoms in total. The van der Waals surface area contributed by atoms with Gasteiger partial charge in [-0.1, -0.05) is 18.5 Å². The number of aromatic nitrogens is 2. The lowest BCUT2D eigenvalue weighted by atomic mass is 10.1. The fraction of sp³-hybridized carbons (Fsp3) is 0.231. The van der Waals surface area contributed by atoms with E-state index in [-0.39, 0.29) is 5.75 Å². The van der Waals surface area contributed by atoms with E-state index in [1.165, 1.54) is 13.2 Å². The molecule has 18 heavy (non-hydrogen) atoms. The number of halogens is 2. The Morgan fingerprint density at radius 1 is 1.28 bits per heavy atom. The second kappa shape index (κ2) is 5.31. The highest BCUT2D eigenvalue weighted by Gasteiger charge is 2.08. The van der Waals surface area contributed by atoms with Gasteiger partial charge in [0.1, 0.15) is 11.0 Å². The van der Waals surface area contributed by atoms with E-state index >= 15 is 0 Å². The molecule has 2 rings (SSSR count). The topological polar surface area (TPSA) is 35.0 Å². The summed E-state index contributed by atoms with van der Waals surface area (Å²) >= 11 is 5.91. The van der Waals surface area contributed by atoms with Crippen LogP contribution in [0.1, 0.15) is 12.7 Å². The zero-order valence-electron chi connectivity index (χ0n) is 10.1. The summed E-state index contributed by atoms with van der Waals surface area (Å²) in [5.74, 6) is 0.408. The third-order valence-corrected chi connectivity index (χ3v) is 2.70. The van der Waals surface area contributed by atoms with Crippen molar-refractivity contribution in [2.45, 2.75) is 13.3 Å².